The summed E-state index contributed by atoms with van der Waals surface area (Å²) in [5.74, 6) is -0.183. The van der Waals surface area contributed by atoms with Crippen LogP contribution < -0.4 is 4.90 Å². The molecule has 3 heterocycles. The number of hydrogen-bond acceptors (Lipinski definition) is 5. The van der Waals surface area contributed by atoms with Gasteiger partial charge in [-0.25, -0.2) is 4.98 Å². The molecular weight excluding hydrogens is 469 g/mol. The Labute approximate surface area is 196 Å². The molecule has 0 spiro atoms. The van der Waals surface area contributed by atoms with Crippen molar-refractivity contribution in [1.82, 2.24) is 9.97 Å². The molecule has 0 radical (unpaired) electrons. The van der Waals surface area contributed by atoms with E-state index in [4.69, 9.17) is 28.2 Å². The maximum absolute atomic E-state index is 13.7. The molecule has 4 nitrogen and oxygen atoms in total. The van der Waals surface area contributed by atoms with Gasteiger partial charge in [-0.1, -0.05) is 58.8 Å². The zero-order valence-corrected chi connectivity index (χ0v) is 19.4. The van der Waals surface area contributed by atoms with E-state index in [0.29, 0.717) is 26.6 Å². The number of nitrogens with zero attached hydrogens (tertiary/aromatic N) is 3. The van der Waals surface area contributed by atoms with Crippen molar-refractivity contribution in [2.24, 2.45) is 0 Å². The Hall–Kier alpha value is -2.51. The van der Waals surface area contributed by atoms with Crippen LogP contribution in [0.4, 0.5) is 5.13 Å². The third-order valence-electron chi connectivity index (χ3n) is 4.91. The lowest BCUT2D eigenvalue weighted by Crippen LogP contribution is -2.30. The fraction of sp³-hybridized carbons (Fsp3) is 0.0870. The van der Waals surface area contributed by atoms with Gasteiger partial charge in [-0.05, 0) is 42.3 Å². The average molecular weight is 484 g/mol. The predicted octanol–water partition coefficient (Wildman–Crippen LogP) is 7.37. The first kappa shape index (κ1) is 20.4. The summed E-state index contributed by atoms with van der Waals surface area (Å²) in [6, 6.07) is 15.3. The second-order valence-corrected chi connectivity index (χ2v) is 9.94. The van der Waals surface area contributed by atoms with Crippen LogP contribution in [-0.4, -0.2) is 15.9 Å². The molecule has 8 heteroatoms. The number of halogens is 2. The smallest absolute Gasteiger partial charge is 0.272 e. The summed E-state index contributed by atoms with van der Waals surface area (Å²) >= 11 is 15.7. The molecule has 0 aliphatic rings. The van der Waals surface area contributed by atoms with Gasteiger partial charge in [-0.2, -0.15) is 0 Å². The lowest BCUT2D eigenvalue weighted by molar-refractivity contribution is 0.0989. The predicted molar refractivity (Wildman–Crippen MR) is 131 cm³/mol. The standard InChI is InChI=1S/C23H15Cl2N3OS2/c1-13-9-15(24)10-18-20(13)27-23(31-18)28(12-14-5-4-8-26-11-14)22(29)21-19(25)16-6-2-3-7-17(16)30-21/h2-11H,12H2,1H3. The Kier molecular flexibility index (Phi) is 5.40. The molecule has 154 valence electrons. The van der Waals surface area contributed by atoms with Gasteiger partial charge >= 0.3 is 0 Å². The third-order valence-corrected chi connectivity index (χ3v) is 7.81. The first-order chi connectivity index (χ1) is 15.0. The summed E-state index contributed by atoms with van der Waals surface area (Å²) in [4.78, 5) is 24.9. The fourth-order valence-electron chi connectivity index (χ4n) is 3.43. The largest absolute Gasteiger partial charge is 0.279 e. The monoisotopic (exact) mass is 483 g/mol. The summed E-state index contributed by atoms with van der Waals surface area (Å²) in [6.07, 6.45) is 3.46. The minimum Gasteiger partial charge on any atom is -0.279 e. The van der Waals surface area contributed by atoms with Gasteiger partial charge in [0.25, 0.3) is 5.91 Å². The van der Waals surface area contributed by atoms with Crippen LogP contribution in [0.25, 0.3) is 20.3 Å². The van der Waals surface area contributed by atoms with Crippen LogP contribution in [0.3, 0.4) is 0 Å². The molecule has 5 rings (SSSR count). The third kappa shape index (κ3) is 3.81. The van der Waals surface area contributed by atoms with E-state index in [-0.39, 0.29) is 5.91 Å². The molecule has 0 saturated carbocycles. The van der Waals surface area contributed by atoms with E-state index in [0.717, 1.165) is 31.4 Å². The molecule has 3 aromatic heterocycles. The van der Waals surface area contributed by atoms with Crippen molar-refractivity contribution in [2.75, 3.05) is 4.90 Å². The number of anilines is 1. The number of thiazole rings is 1. The van der Waals surface area contributed by atoms with Gasteiger partial charge in [0.1, 0.15) is 4.88 Å². The molecule has 1 amide bonds. The molecule has 5 aromatic rings. The molecule has 0 saturated heterocycles. The van der Waals surface area contributed by atoms with Crippen LogP contribution in [0.15, 0.2) is 60.9 Å². The van der Waals surface area contributed by atoms with E-state index >= 15 is 0 Å². The topological polar surface area (TPSA) is 46.1 Å². The summed E-state index contributed by atoms with van der Waals surface area (Å²) in [7, 11) is 0. The van der Waals surface area contributed by atoms with Gasteiger partial charge in [0.15, 0.2) is 5.13 Å². The molecule has 0 aliphatic carbocycles. The zero-order valence-electron chi connectivity index (χ0n) is 16.3. The Morgan fingerprint density at radius 1 is 1.06 bits per heavy atom. The highest BCUT2D eigenvalue weighted by Gasteiger charge is 2.26. The maximum Gasteiger partial charge on any atom is 0.272 e. The minimum absolute atomic E-state index is 0.183. The van der Waals surface area contributed by atoms with Crippen molar-refractivity contribution in [2.45, 2.75) is 13.5 Å². The van der Waals surface area contributed by atoms with Gasteiger partial charge in [0.05, 0.1) is 21.8 Å². The van der Waals surface area contributed by atoms with Gasteiger partial charge < -0.3 is 0 Å². The number of amides is 1. The molecule has 0 atom stereocenters. The molecular formula is C23H15Cl2N3OS2. The number of hydrogen-bond donors (Lipinski definition) is 0. The van der Waals surface area contributed by atoms with E-state index in [9.17, 15) is 4.79 Å². The number of fused-ring (bicyclic) bond motifs is 2. The summed E-state index contributed by atoms with van der Waals surface area (Å²) in [6.45, 7) is 2.30. The van der Waals surface area contributed by atoms with E-state index in [2.05, 4.69) is 4.98 Å². The van der Waals surface area contributed by atoms with Gasteiger partial charge in [0, 0.05) is 27.5 Å². The molecule has 2 aromatic carbocycles. The van der Waals surface area contributed by atoms with Crippen molar-refractivity contribution in [1.29, 1.82) is 0 Å². The van der Waals surface area contributed by atoms with Crippen LogP contribution in [0, 0.1) is 6.92 Å². The van der Waals surface area contributed by atoms with Crippen molar-refractivity contribution in [3.8, 4) is 0 Å². The second-order valence-electron chi connectivity index (χ2n) is 7.06. The quantitative estimate of drug-likeness (QED) is 0.268. The van der Waals surface area contributed by atoms with E-state index in [1.54, 1.807) is 17.3 Å². The lowest BCUT2D eigenvalue weighted by atomic mass is 10.2. The van der Waals surface area contributed by atoms with E-state index in [1.807, 2.05) is 55.5 Å². The summed E-state index contributed by atoms with van der Waals surface area (Å²) < 4.78 is 1.91. The number of carbonyl (C=O) groups excluding carboxylic acids is 1. The molecule has 31 heavy (non-hydrogen) atoms. The maximum atomic E-state index is 13.7. The van der Waals surface area contributed by atoms with E-state index < -0.39 is 0 Å². The second kappa shape index (κ2) is 8.20. The Morgan fingerprint density at radius 2 is 1.90 bits per heavy atom. The minimum atomic E-state index is -0.183. The highest BCUT2D eigenvalue weighted by molar-refractivity contribution is 7.23. The lowest BCUT2D eigenvalue weighted by Gasteiger charge is -2.19. The van der Waals surface area contributed by atoms with Crippen molar-refractivity contribution in [3.05, 3.63) is 87.0 Å². The first-order valence-electron chi connectivity index (χ1n) is 9.46. The van der Waals surface area contributed by atoms with Crippen LogP contribution >= 0.6 is 45.9 Å². The van der Waals surface area contributed by atoms with Gasteiger partial charge in [-0.15, -0.1) is 11.3 Å². The van der Waals surface area contributed by atoms with E-state index in [1.165, 1.54) is 22.7 Å². The van der Waals surface area contributed by atoms with Crippen molar-refractivity contribution >= 4 is 77.2 Å². The Bertz CT molecular complexity index is 1430. The van der Waals surface area contributed by atoms with Crippen molar-refractivity contribution < 1.29 is 4.79 Å². The number of aromatic nitrogens is 2. The number of aryl methyl sites for hydroxylation is 1. The molecule has 0 fully saturated rings. The van der Waals surface area contributed by atoms with Crippen LogP contribution in [0.5, 0.6) is 0 Å². The van der Waals surface area contributed by atoms with Crippen LogP contribution in [-0.2, 0) is 6.54 Å². The highest BCUT2D eigenvalue weighted by atomic mass is 35.5. The normalized spacial score (nSPS) is 11.3. The Morgan fingerprint density at radius 3 is 2.68 bits per heavy atom. The SMILES string of the molecule is Cc1cc(Cl)cc2sc(N(Cc3cccnc3)C(=O)c3sc4ccccc4c3Cl)nc12. The van der Waals surface area contributed by atoms with Gasteiger partial charge in [-0.3, -0.25) is 14.7 Å². The average Bonchev–Trinajstić information content (AvgIpc) is 3.34. The molecule has 0 N–H and O–H groups in total. The van der Waals surface area contributed by atoms with Crippen LogP contribution in [0.1, 0.15) is 20.8 Å². The summed E-state index contributed by atoms with van der Waals surface area (Å²) in [5, 5.41) is 2.61. The molecule has 0 unspecified atom stereocenters. The highest BCUT2D eigenvalue weighted by Crippen LogP contribution is 2.39. The number of pyridine rings is 1. The number of thiophene rings is 1. The number of rotatable bonds is 4. The molecule has 0 aliphatic heterocycles. The summed E-state index contributed by atoms with van der Waals surface area (Å²) in [5.41, 5.74) is 2.72. The van der Waals surface area contributed by atoms with Crippen molar-refractivity contribution in [3.63, 3.8) is 0 Å². The molecule has 0 bridgehead atoms. The Balaban J connectivity index is 1.64. The first-order valence-corrected chi connectivity index (χ1v) is 11.8. The number of benzene rings is 2. The zero-order chi connectivity index (χ0) is 21.5. The van der Waals surface area contributed by atoms with Gasteiger partial charge in [0.2, 0.25) is 0 Å². The fourth-order valence-corrected chi connectivity index (χ4v) is 6.31. The number of carbonyl (C=O) groups is 1. The van der Waals surface area contributed by atoms with Crippen LogP contribution in [0.2, 0.25) is 10.0 Å².